The van der Waals surface area contributed by atoms with E-state index in [1.807, 2.05) is 0 Å². The molecule has 0 amide bonds. The molecular formula is C13H26N2O2. The Kier molecular flexibility index (Phi) is 6.52. The van der Waals surface area contributed by atoms with Gasteiger partial charge in [-0.15, -0.1) is 0 Å². The van der Waals surface area contributed by atoms with Crippen molar-refractivity contribution in [1.82, 2.24) is 4.90 Å². The zero-order valence-electron chi connectivity index (χ0n) is 11.2. The molecule has 0 spiro atoms. The van der Waals surface area contributed by atoms with Crippen LogP contribution in [0.1, 0.15) is 39.5 Å². The van der Waals surface area contributed by atoms with Gasteiger partial charge in [0.25, 0.3) is 0 Å². The second-order valence-electron chi connectivity index (χ2n) is 4.84. The van der Waals surface area contributed by atoms with E-state index >= 15 is 0 Å². The maximum atomic E-state index is 11.3. The van der Waals surface area contributed by atoms with Crippen LogP contribution in [0.25, 0.3) is 0 Å². The average Bonchev–Trinajstić information content (AvgIpc) is 2.36. The van der Waals surface area contributed by atoms with Crippen LogP contribution in [0.5, 0.6) is 0 Å². The molecule has 1 aliphatic heterocycles. The first-order valence-corrected chi connectivity index (χ1v) is 6.81. The first-order chi connectivity index (χ1) is 8.17. The Morgan fingerprint density at radius 1 is 1.41 bits per heavy atom. The van der Waals surface area contributed by atoms with Crippen molar-refractivity contribution in [2.45, 2.75) is 45.6 Å². The van der Waals surface area contributed by atoms with Gasteiger partial charge in [0, 0.05) is 6.54 Å². The molecule has 1 heterocycles. The monoisotopic (exact) mass is 242 g/mol. The van der Waals surface area contributed by atoms with Crippen molar-refractivity contribution in [3.8, 4) is 0 Å². The minimum Gasteiger partial charge on any atom is -0.465 e. The molecule has 0 aromatic heterocycles. The number of likely N-dealkylation sites (tertiary alicyclic amines) is 1. The SMILES string of the molecule is CCOC(=O)C(N)CCN1CCC(CC)CC1. The summed E-state index contributed by atoms with van der Waals surface area (Å²) >= 11 is 0. The van der Waals surface area contributed by atoms with Crippen molar-refractivity contribution in [2.75, 3.05) is 26.2 Å². The molecule has 0 radical (unpaired) electrons. The van der Waals surface area contributed by atoms with E-state index < -0.39 is 6.04 Å². The van der Waals surface area contributed by atoms with Gasteiger partial charge in [0.1, 0.15) is 6.04 Å². The number of nitrogens with zero attached hydrogens (tertiary/aromatic N) is 1. The lowest BCUT2D eigenvalue weighted by Crippen LogP contribution is -2.39. The molecule has 1 fully saturated rings. The smallest absolute Gasteiger partial charge is 0.322 e. The van der Waals surface area contributed by atoms with Crippen LogP contribution in [0.2, 0.25) is 0 Å². The summed E-state index contributed by atoms with van der Waals surface area (Å²) in [5.41, 5.74) is 5.77. The molecule has 0 aromatic rings. The quantitative estimate of drug-likeness (QED) is 0.715. The van der Waals surface area contributed by atoms with Gasteiger partial charge in [-0.2, -0.15) is 0 Å². The van der Waals surface area contributed by atoms with Gasteiger partial charge in [-0.05, 0) is 45.2 Å². The molecule has 0 bridgehead atoms. The van der Waals surface area contributed by atoms with E-state index in [1.165, 1.54) is 19.3 Å². The lowest BCUT2D eigenvalue weighted by Gasteiger charge is -2.31. The molecule has 4 heteroatoms. The van der Waals surface area contributed by atoms with E-state index in [9.17, 15) is 4.79 Å². The molecule has 4 nitrogen and oxygen atoms in total. The van der Waals surface area contributed by atoms with Gasteiger partial charge in [-0.25, -0.2) is 0 Å². The highest BCUT2D eigenvalue weighted by molar-refractivity contribution is 5.75. The van der Waals surface area contributed by atoms with Crippen molar-refractivity contribution in [2.24, 2.45) is 11.7 Å². The largest absolute Gasteiger partial charge is 0.465 e. The van der Waals surface area contributed by atoms with Crippen LogP contribution in [0, 0.1) is 5.92 Å². The van der Waals surface area contributed by atoms with Crippen molar-refractivity contribution in [3.63, 3.8) is 0 Å². The molecule has 2 N–H and O–H groups in total. The Labute approximate surface area is 104 Å². The van der Waals surface area contributed by atoms with Crippen molar-refractivity contribution in [3.05, 3.63) is 0 Å². The van der Waals surface area contributed by atoms with Crippen molar-refractivity contribution in [1.29, 1.82) is 0 Å². The number of nitrogens with two attached hydrogens (primary N) is 1. The summed E-state index contributed by atoms with van der Waals surface area (Å²) in [6.45, 7) is 7.68. The van der Waals surface area contributed by atoms with Gasteiger partial charge in [-0.1, -0.05) is 13.3 Å². The van der Waals surface area contributed by atoms with Gasteiger partial charge >= 0.3 is 5.97 Å². The molecular weight excluding hydrogens is 216 g/mol. The number of hydrogen-bond acceptors (Lipinski definition) is 4. The highest BCUT2D eigenvalue weighted by Gasteiger charge is 2.20. The average molecular weight is 242 g/mol. The summed E-state index contributed by atoms with van der Waals surface area (Å²) in [5, 5.41) is 0. The summed E-state index contributed by atoms with van der Waals surface area (Å²) < 4.78 is 4.90. The van der Waals surface area contributed by atoms with Crippen LogP contribution >= 0.6 is 0 Å². The van der Waals surface area contributed by atoms with E-state index in [0.29, 0.717) is 13.0 Å². The van der Waals surface area contributed by atoms with Crippen LogP contribution in [0.15, 0.2) is 0 Å². The third-order valence-electron chi connectivity index (χ3n) is 3.63. The van der Waals surface area contributed by atoms with E-state index in [-0.39, 0.29) is 5.97 Å². The fourth-order valence-corrected chi connectivity index (χ4v) is 2.31. The number of carbonyl (C=O) groups excluding carboxylic acids is 1. The number of ether oxygens (including phenoxy) is 1. The second-order valence-corrected chi connectivity index (χ2v) is 4.84. The third-order valence-corrected chi connectivity index (χ3v) is 3.63. The zero-order chi connectivity index (χ0) is 12.7. The van der Waals surface area contributed by atoms with Crippen molar-refractivity contribution < 1.29 is 9.53 Å². The molecule has 0 saturated carbocycles. The van der Waals surface area contributed by atoms with Gasteiger partial charge in [0.15, 0.2) is 0 Å². The van der Waals surface area contributed by atoms with Gasteiger partial charge < -0.3 is 15.4 Å². The maximum Gasteiger partial charge on any atom is 0.322 e. The highest BCUT2D eigenvalue weighted by Crippen LogP contribution is 2.19. The first-order valence-electron chi connectivity index (χ1n) is 6.81. The van der Waals surface area contributed by atoms with Gasteiger partial charge in [-0.3, -0.25) is 4.79 Å². The normalized spacial score (nSPS) is 20.2. The molecule has 1 unspecified atom stereocenters. The summed E-state index contributed by atoms with van der Waals surface area (Å²) in [6, 6.07) is -0.459. The summed E-state index contributed by atoms with van der Waals surface area (Å²) in [7, 11) is 0. The molecule has 1 aliphatic rings. The Bertz CT molecular complexity index is 225. The van der Waals surface area contributed by atoms with Crippen molar-refractivity contribution >= 4 is 5.97 Å². The zero-order valence-corrected chi connectivity index (χ0v) is 11.2. The second kappa shape index (κ2) is 7.67. The lowest BCUT2D eigenvalue weighted by atomic mass is 9.94. The molecule has 1 atom stereocenters. The fraction of sp³-hybridized carbons (Fsp3) is 0.923. The Balaban J connectivity index is 2.16. The summed E-state index contributed by atoms with van der Waals surface area (Å²) in [5.74, 6) is 0.626. The Morgan fingerprint density at radius 2 is 2.06 bits per heavy atom. The number of rotatable bonds is 6. The van der Waals surface area contributed by atoms with Crippen LogP contribution in [-0.4, -0.2) is 43.2 Å². The molecule has 0 aromatic carbocycles. The molecule has 17 heavy (non-hydrogen) atoms. The van der Waals surface area contributed by atoms with Gasteiger partial charge in [0.2, 0.25) is 0 Å². The van der Waals surface area contributed by atoms with Crippen LogP contribution in [-0.2, 0) is 9.53 Å². The number of esters is 1. The summed E-state index contributed by atoms with van der Waals surface area (Å²) in [4.78, 5) is 13.8. The minimum atomic E-state index is -0.459. The van der Waals surface area contributed by atoms with E-state index in [1.54, 1.807) is 6.92 Å². The highest BCUT2D eigenvalue weighted by atomic mass is 16.5. The number of piperidine rings is 1. The standard InChI is InChI=1S/C13H26N2O2/c1-3-11-5-8-15(9-6-11)10-7-12(14)13(16)17-4-2/h11-12H,3-10,14H2,1-2H3. The van der Waals surface area contributed by atoms with E-state index in [0.717, 1.165) is 25.6 Å². The van der Waals surface area contributed by atoms with Crippen LogP contribution in [0.3, 0.4) is 0 Å². The maximum absolute atomic E-state index is 11.3. The molecule has 0 aliphatic carbocycles. The third kappa shape index (κ3) is 5.04. The summed E-state index contributed by atoms with van der Waals surface area (Å²) in [6.07, 6.45) is 4.56. The Hall–Kier alpha value is -0.610. The topological polar surface area (TPSA) is 55.6 Å². The lowest BCUT2D eigenvalue weighted by molar-refractivity contribution is -0.144. The predicted octanol–water partition coefficient (Wildman–Crippen LogP) is 1.39. The minimum absolute atomic E-state index is 0.268. The van der Waals surface area contributed by atoms with Gasteiger partial charge in [0.05, 0.1) is 6.61 Å². The molecule has 1 rings (SSSR count). The number of hydrogen-bond donors (Lipinski definition) is 1. The van der Waals surface area contributed by atoms with E-state index in [2.05, 4.69) is 11.8 Å². The number of carbonyl (C=O) groups is 1. The van der Waals surface area contributed by atoms with Crippen LogP contribution in [0.4, 0.5) is 0 Å². The van der Waals surface area contributed by atoms with E-state index in [4.69, 9.17) is 10.5 Å². The molecule has 100 valence electrons. The Morgan fingerprint density at radius 3 is 2.59 bits per heavy atom. The van der Waals surface area contributed by atoms with Crippen LogP contribution < -0.4 is 5.73 Å². The fourth-order valence-electron chi connectivity index (χ4n) is 2.31. The first kappa shape index (κ1) is 14.5. The predicted molar refractivity (Wildman–Crippen MR) is 68.7 cm³/mol. The molecule has 1 saturated heterocycles.